The van der Waals surface area contributed by atoms with Crippen LogP contribution in [0.2, 0.25) is 0 Å². The van der Waals surface area contributed by atoms with Crippen LogP contribution in [0.3, 0.4) is 0 Å². The summed E-state index contributed by atoms with van der Waals surface area (Å²) in [5.74, 6) is 1.23. The summed E-state index contributed by atoms with van der Waals surface area (Å²) < 4.78 is 2.74. The number of amides is 1. The Labute approximate surface area is 116 Å². The quantitative estimate of drug-likeness (QED) is 0.851. The van der Waals surface area contributed by atoms with Gasteiger partial charge in [-0.25, -0.2) is 0 Å². The monoisotopic (exact) mass is 314 g/mol. The van der Waals surface area contributed by atoms with Crippen LogP contribution in [0.4, 0.5) is 5.82 Å². The second kappa shape index (κ2) is 5.30. The fourth-order valence-electron chi connectivity index (χ4n) is 2.46. The highest BCUT2D eigenvalue weighted by Crippen LogP contribution is 2.27. The highest BCUT2D eigenvalue weighted by atomic mass is 79.9. The third-order valence-electron chi connectivity index (χ3n) is 3.52. The maximum absolute atomic E-state index is 11.3. The lowest BCUT2D eigenvalue weighted by Crippen LogP contribution is -2.41. The van der Waals surface area contributed by atoms with Crippen molar-refractivity contribution < 1.29 is 4.79 Å². The summed E-state index contributed by atoms with van der Waals surface area (Å²) in [4.78, 5) is 15.5. The molecule has 1 fully saturated rings. The predicted octanol–water partition coefficient (Wildman–Crippen LogP) is 1.63. The van der Waals surface area contributed by atoms with E-state index in [0.29, 0.717) is 6.04 Å². The molecule has 0 aliphatic carbocycles. The molecule has 5 nitrogen and oxygen atoms in total. The number of halogens is 1. The Bertz CT molecular complexity index is 445. The van der Waals surface area contributed by atoms with Gasteiger partial charge in [-0.2, -0.15) is 5.10 Å². The average Bonchev–Trinajstić information content (AvgIpc) is 2.85. The Morgan fingerprint density at radius 1 is 1.67 bits per heavy atom. The van der Waals surface area contributed by atoms with Gasteiger partial charge < -0.3 is 9.80 Å². The molecule has 2 rings (SSSR count). The van der Waals surface area contributed by atoms with Crippen molar-refractivity contribution in [2.24, 2.45) is 7.05 Å². The number of carbonyl (C=O) groups excluding carboxylic acids is 1. The first kappa shape index (κ1) is 13.4. The van der Waals surface area contributed by atoms with Crippen LogP contribution in [0.5, 0.6) is 0 Å². The van der Waals surface area contributed by atoms with Crippen LogP contribution in [-0.4, -0.2) is 46.8 Å². The second-order valence-electron chi connectivity index (χ2n) is 4.84. The lowest BCUT2D eigenvalue weighted by Gasteiger charge is -2.29. The largest absolute Gasteiger partial charge is 0.352 e. The Morgan fingerprint density at radius 3 is 2.94 bits per heavy atom. The topological polar surface area (TPSA) is 41.4 Å². The van der Waals surface area contributed by atoms with Gasteiger partial charge in [0.2, 0.25) is 5.91 Å². The molecule has 18 heavy (non-hydrogen) atoms. The lowest BCUT2D eigenvalue weighted by atomic mass is 10.2. The molecule has 0 radical (unpaired) electrons. The summed E-state index contributed by atoms with van der Waals surface area (Å²) in [5, 5.41) is 4.32. The molecule has 6 heteroatoms. The molecule has 0 saturated carbocycles. The number of anilines is 1. The summed E-state index contributed by atoms with van der Waals surface area (Å²) >= 11 is 3.40. The van der Waals surface area contributed by atoms with E-state index in [9.17, 15) is 4.79 Å². The van der Waals surface area contributed by atoms with Crippen LogP contribution in [0.1, 0.15) is 19.8 Å². The summed E-state index contributed by atoms with van der Waals surface area (Å²) in [7, 11) is 3.81. The molecule has 0 N–H and O–H groups in total. The molecule has 0 aromatic carbocycles. The van der Waals surface area contributed by atoms with Crippen molar-refractivity contribution in [2.75, 3.05) is 25.0 Å². The van der Waals surface area contributed by atoms with Gasteiger partial charge in [-0.1, -0.05) is 0 Å². The van der Waals surface area contributed by atoms with E-state index < -0.39 is 0 Å². The fraction of sp³-hybridized carbons (Fsp3) is 0.667. The highest BCUT2D eigenvalue weighted by Gasteiger charge is 2.28. The number of carbonyl (C=O) groups is 1. The van der Waals surface area contributed by atoms with E-state index in [-0.39, 0.29) is 5.91 Å². The first-order chi connectivity index (χ1) is 8.49. The third-order valence-corrected chi connectivity index (χ3v) is 3.91. The molecule has 1 aliphatic heterocycles. The minimum Gasteiger partial charge on any atom is -0.352 e. The first-order valence-electron chi connectivity index (χ1n) is 6.17. The van der Waals surface area contributed by atoms with Crippen molar-refractivity contribution >= 4 is 27.7 Å². The zero-order chi connectivity index (χ0) is 13.3. The van der Waals surface area contributed by atoms with Gasteiger partial charge in [0.1, 0.15) is 10.4 Å². The number of nitrogens with zero attached hydrogens (tertiary/aromatic N) is 4. The summed E-state index contributed by atoms with van der Waals surface area (Å²) in [5.41, 5.74) is 0. The molecule has 1 atom stereocenters. The van der Waals surface area contributed by atoms with E-state index in [4.69, 9.17) is 0 Å². The number of hydrogen-bond acceptors (Lipinski definition) is 3. The molecule has 1 amide bonds. The molecule has 0 bridgehead atoms. The number of rotatable bonds is 3. The maximum Gasteiger partial charge on any atom is 0.219 e. The zero-order valence-corrected chi connectivity index (χ0v) is 12.6. The average molecular weight is 315 g/mol. The van der Waals surface area contributed by atoms with E-state index in [1.165, 1.54) is 6.42 Å². The SMILES string of the molecule is CC(=O)N(C)CC1CCCN1c1cc(Br)nn1C. The van der Waals surface area contributed by atoms with E-state index in [0.717, 1.165) is 29.9 Å². The van der Waals surface area contributed by atoms with Crippen LogP contribution in [-0.2, 0) is 11.8 Å². The normalized spacial score (nSPS) is 19.3. The molecule has 1 unspecified atom stereocenters. The van der Waals surface area contributed by atoms with Crippen molar-refractivity contribution in [1.82, 2.24) is 14.7 Å². The molecule has 1 aromatic heterocycles. The zero-order valence-electron chi connectivity index (χ0n) is 11.1. The van der Waals surface area contributed by atoms with Gasteiger partial charge in [0.15, 0.2) is 0 Å². The van der Waals surface area contributed by atoms with Gasteiger partial charge >= 0.3 is 0 Å². The van der Waals surface area contributed by atoms with Crippen molar-refractivity contribution in [2.45, 2.75) is 25.8 Å². The van der Waals surface area contributed by atoms with Crippen molar-refractivity contribution in [3.05, 3.63) is 10.7 Å². The first-order valence-corrected chi connectivity index (χ1v) is 6.96. The number of aromatic nitrogens is 2. The summed E-state index contributed by atoms with van der Waals surface area (Å²) in [6, 6.07) is 2.42. The molecule has 1 aliphatic rings. The number of likely N-dealkylation sites (N-methyl/N-ethyl adjacent to an activating group) is 1. The van der Waals surface area contributed by atoms with E-state index in [1.807, 2.05) is 24.8 Å². The van der Waals surface area contributed by atoms with Crippen molar-refractivity contribution in [1.29, 1.82) is 0 Å². The van der Waals surface area contributed by atoms with Crippen molar-refractivity contribution in [3.8, 4) is 0 Å². The minimum atomic E-state index is 0.119. The smallest absolute Gasteiger partial charge is 0.219 e. The Kier molecular flexibility index (Phi) is 3.94. The predicted molar refractivity (Wildman–Crippen MR) is 74.6 cm³/mol. The minimum absolute atomic E-state index is 0.119. The summed E-state index contributed by atoms with van der Waals surface area (Å²) in [6.07, 6.45) is 2.29. The molecular weight excluding hydrogens is 296 g/mol. The van der Waals surface area contributed by atoms with E-state index >= 15 is 0 Å². The van der Waals surface area contributed by atoms with Crippen LogP contribution in [0.25, 0.3) is 0 Å². The Morgan fingerprint density at radius 2 is 2.39 bits per heavy atom. The molecular formula is C12H19BrN4O. The van der Waals surface area contributed by atoms with Gasteiger partial charge in [0.25, 0.3) is 0 Å². The Balaban J connectivity index is 2.12. The standard InChI is InChI=1S/C12H19BrN4O/c1-9(18)15(2)8-10-5-4-6-17(10)12-7-11(13)14-16(12)3/h7,10H,4-6,8H2,1-3H3. The van der Waals surface area contributed by atoms with Crippen LogP contribution >= 0.6 is 15.9 Å². The second-order valence-corrected chi connectivity index (χ2v) is 5.65. The lowest BCUT2D eigenvalue weighted by molar-refractivity contribution is -0.127. The van der Waals surface area contributed by atoms with E-state index in [2.05, 4.69) is 25.9 Å². The van der Waals surface area contributed by atoms with Gasteiger partial charge in [-0.15, -0.1) is 0 Å². The Hall–Kier alpha value is -1.04. The van der Waals surface area contributed by atoms with Crippen LogP contribution < -0.4 is 4.90 Å². The van der Waals surface area contributed by atoms with Crippen LogP contribution in [0, 0.1) is 0 Å². The molecule has 2 heterocycles. The van der Waals surface area contributed by atoms with Crippen LogP contribution in [0.15, 0.2) is 10.7 Å². The maximum atomic E-state index is 11.3. The molecule has 100 valence electrons. The number of aryl methyl sites for hydroxylation is 1. The van der Waals surface area contributed by atoms with Gasteiger partial charge in [0, 0.05) is 46.2 Å². The van der Waals surface area contributed by atoms with E-state index in [1.54, 1.807) is 11.8 Å². The van der Waals surface area contributed by atoms with Crippen molar-refractivity contribution in [3.63, 3.8) is 0 Å². The van der Waals surface area contributed by atoms with Gasteiger partial charge in [-0.3, -0.25) is 9.48 Å². The highest BCUT2D eigenvalue weighted by molar-refractivity contribution is 9.10. The van der Waals surface area contributed by atoms with Gasteiger partial charge in [0.05, 0.1) is 0 Å². The fourth-order valence-corrected chi connectivity index (χ4v) is 2.91. The molecule has 1 aromatic rings. The van der Waals surface area contributed by atoms with Gasteiger partial charge in [-0.05, 0) is 28.8 Å². The third kappa shape index (κ3) is 2.68. The molecule has 0 spiro atoms. The number of hydrogen-bond donors (Lipinski definition) is 0. The molecule has 1 saturated heterocycles. The summed E-state index contributed by atoms with van der Waals surface area (Å²) in [6.45, 7) is 3.42.